The van der Waals surface area contributed by atoms with E-state index in [4.69, 9.17) is 21.1 Å². The first-order valence-electron chi connectivity index (χ1n) is 16.6. The van der Waals surface area contributed by atoms with Gasteiger partial charge in [-0.3, -0.25) is 9.52 Å². The monoisotopic (exact) mass is 666 g/mol. The molecule has 2 aliphatic heterocycles. The van der Waals surface area contributed by atoms with Crippen LogP contribution in [0, 0.1) is 23.7 Å². The number of carbonyl (C=O) groups excluding carboxylic acids is 2. The lowest BCUT2D eigenvalue weighted by Gasteiger charge is -2.47. The molecule has 3 aliphatic carbocycles. The number of methoxy groups -OCH3 is 1. The lowest BCUT2D eigenvalue weighted by molar-refractivity contribution is -0.00132. The highest BCUT2D eigenvalue weighted by Gasteiger charge is 2.44. The molecule has 2 aromatic carbocycles. The van der Waals surface area contributed by atoms with Crippen molar-refractivity contribution >= 4 is 39.1 Å². The second-order valence-corrected chi connectivity index (χ2v) is 16.1. The van der Waals surface area contributed by atoms with Crippen LogP contribution in [0.1, 0.15) is 66.9 Å². The molecule has 5 aliphatic rings. The maximum absolute atomic E-state index is 14.5. The Morgan fingerprint density at radius 2 is 2.00 bits per heavy atom. The molecule has 2 fully saturated rings. The molecule has 0 aromatic heterocycles. The molecular weight excluding hydrogens is 624 g/mol. The van der Waals surface area contributed by atoms with Crippen molar-refractivity contribution in [3.63, 3.8) is 0 Å². The van der Waals surface area contributed by atoms with Gasteiger partial charge in [0, 0.05) is 36.8 Å². The van der Waals surface area contributed by atoms with Crippen LogP contribution in [-0.4, -0.2) is 54.3 Å². The van der Waals surface area contributed by atoms with Crippen LogP contribution in [0.15, 0.2) is 52.4 Å². The number of ether oxygens (including phenoxy) is 2. The summed E-state index contributed by atoms with van der Waals surface area (Å²) in [5, 5.41) is 3.61. The third-order valence-electron chi connectivity index (χ3n) is 10.5. The first-order chi connectivity index (χ1) is 22.2. The zero-order valence-electron chi connectivity index (χ0n) is 26.5. The summed E-state index contributed by atoms with van der Waals surface area (Å²) in [5.74, 6) is 1.07. The molecule has 7 rings (SSSR count). The van der Waals surface area contributed by atoms with E-state index in [0.29, 0.717) is 48.6 Å². The number of halogens is 1. The predicted molar refractivity (Wildman–Crippen MR) is 180 cm³/mol. The zero-order chi connectivity index (χ0) is 32.0. The van der Waals surface area contributed by atoms with Crippen molar-refractivity contribution in [1.82, 2.24) is 10.0 Å². The van der Waals surface area contributed by atoms with E-state index >= 15 is 0 Å². The van der Waals surface area contributed by atoms with Crippen molar-refractivity contribution < 1.29 is 23.3 Å². The van der Waals surface area contributed by atoms with E-state index in [2.05, 4.69) is 44.4 Å². The van der Waals surface area contributed by atoms with Crippen LogP contribution in [0.2, 0.25) is 5.02 Å². The number of fused-ring (bicyclic) bond motifs is 4. The molecule has 2 bridgehead atoms. The smallest absolute Gasteiger partial charge is 0.327 e. The van der Waals surface area contributed by atoms with Gasteiger partial charge in [0.1, 0.15) is 15.7 Å². The van der Waals surface area contributed by atoms with E-state index in [1.807, 2.05) is 18.2 Å². The van der Waals surface area contributed by atoms with Crippen molar-refractivity contribution in [1.29, 1.82) is 0 Å². The third kappa shape index (κ3) is 6.53. The van der Waals surface area contributed by atoms with E-state index in [0.717, 1.165) is 61.4 Å². The molecule has 0 radical (unpaired) electrons. The first-order valence-corrected chi connectivity index (χ1v) is 18.6. The van der Waals surface area contributed by atoms with Gasteiger partial charge in [-0.25, -0.2) is 9.00 Å². The molecule has 2 aromatic rings. The number of nitrogens with zero attached hydrogens (tertiary/aromatic N) is 2. The Morgan fingerprint density at radius 3 is 2.72 bits per heavy atom. The number of allylic oxidation sites excluding steroid dienone is 1. The van der Waals surface area contributed by atoms with E-state index < -0.39 is 21.9 Å². The number of benzene rings is 2. The summed E-state index contributed by atoms with van der Waals surface area (Å²) in [4.78, 5) is 29.1. The molecule has 1 unspecified atom stereocenters. The van der Waals surface area contributed by atoms with Gasteiger partial charge in [-0.15, -0.1) is 4.36 Å². The number of urea groups is 1. The van der Waals surface area contributed by atoms with E-state index in [-0.39, 0.29) is 23.8 Å². The minimum Gasteiger partial charge on any atom is -0.491 e. The minimum absolute atomic E-state index is 0.0445. The second-order valence-electron chi connectivity index (χ2n) is 13.7. The third-order valence-corrected chi connectivity index (χ3v) is 12.6. The average Bonchev–Trinajstić information content (AvgIpc) is 3.70. The van der Waals surface area contributed by atoms with E-state index in [9.17, 15) is 13.8 Å². The van der Waals surface area contributed by atoms with Crippen LogP contribution < -0.4 is 19.7 Å². The molecule has 3 amide bonds. The molecule has 2 saturated carbocycles. The summed E-state index contributed by atoms with van der Waals surface area (Å²) in [6.07, 6.45) is 8.49. The molecule has 11 heteroatoms. The van der Waals surface area contributed by atoms with Gasteiger partial charge in [-0.05, 0) is 116 Å². The van der Waals surface area contributed by atoms with Crippen molar-refractivity contribution in [2.75, 3.05) is 30.9 Å². The molecule has 2 N–H and O–H groups in total. The van der Waals surface area contributed by atoms with Crippen molar-refractivity contribution in [3.8, 4) is 5.75 Å². The lowest BCUT2D eigenvalue weighted by atomic mass is 9.65. The van der Waals surface area contributed by atoms with Gasteiger partial charge in [0.15, 0.2) is 0 Å². The van der Waals surface area contributed by atoms with Gasteiger partial charge in [0.25, 0.3) is 5.91 Å². The number of rotatable bonds is 3. The zero-order valence-corrected chi connectivity index (χ0v) is 28.1. The first kappa shape index (κ1) is 31.5. The predicted octanol–water partition coefficient (Wildman–Crippen LogP) is 6.29. The Labute approximate surface area is 276 Å². The quantitative estimate of drug-likeness (QED) is 0.373. The number of carbonyl (C=O) groups is 2. The van der Waals surface area contributed by atoms with Crippen LogP contribution >= 0.6 is 11.6 Å². The summed E-state index contributed by atoms with van der Waals surface area (Å²) in [5.41, 5.74) is 4.64. The van der Waals surface area contributed by atoms with Crippen LogP contribution in [-0.2, 0) is 27.6 Å². The van der Waals surface area contributed by atoms with Gasteiger partial charge in [-0.1, -0.05) is 30.7 Å². The SMILES string of the molecule is CO[C@H]1C2=CC[C@@H]2CS(=O)(NC(=O)N[C@@H]2C[C@H]2C)=NC(=O)c2ccc3c(c2)N(Cc2ccc(Cl)cc2CCCCO3)C[C@@H]2CC[C@H]21. The van der Waals surface area contributed by atoms with Gasteiger partial charge in [0.2, 0.25) is 0 Å². The Bertz CT molecular complexity index is 1690. The highest BCUT2D eigenvalue weighted by Crippen LogP contribution is 2.47. The molecule has 2 heterocycles. The molecule has 46 heavy (non-hydrogen) atoms. The van der Waals surface area contributed by atoms with Crippen LogP contribution in [0.5, 0.6) is 5.75 Å². The standard InChI is InChI=1S/C35H43ClN4O5S/c1-21-15-30(21)37-35(42)39-46(43)20-26-8-12-29(26)33(44-2)28-11-7-25(28)19-40-18-24-6-10-27(36)16-22(24)5-3-4-14-45-32-13-9-23(17-31(32)40)34(41)38-46/h6,9-10,12-13,16-17,21,25-26,28,30,33H,3-5,7-8,11,14-15,18-20H2,1-2H3,(H2,37,38,39,41,42,43)/t21-,25+,26-,28-,30-,33-,46?/m1/s1. The molecule has 246 valence electrons. The van der Waals surface area contributed by atoms with E-state index in [1.54, 1.807) is 13.2 Å². The van der Waals surface area contributed by atoms with Gasteiger partial charge in [-0.2, -0.15) is 0 Å². The molecule has 9 nitrogen and oxygen atoms in total. The number of hydrogen-bond acceptors (Lipinski definition) is 6. The Morgan fingerprint density at radius 1 is 1.15 bits per heavy atom. The van der Waals surface area contributed by atoms with Gasteiger partial charge < -0.3 is 19.7 Å². The van der Waals surface area contributed by atoms with E-state index in [1.165, 1.54) is 11.1 Å². The second kappa shape index (κ2) is 12.8. The summed E-state index contributed by atoms with van der Waals surface area (Å²) in [7, 11) is -1.71. The number of aryl methyl sites for hydroxylation is 1. The maximum Gasteiger partial charge on any atom is 0.327 e. The highest BCUT2D eigenvalue weighted by molar-refractivity contribution is 7.92. The fourth-order valence-electron chi connectivity index (χ4n) is 7.48. The minimum atomic E-state index is -3.46. The maximum atomic E-state index is 14.5. The largest absolute Gasteiger partial charge is 0.491 e. The fraction of sp³-hybridized carbons (Fsp3) is 0.543. The average molecular weight is 667 g/mol. The Kier molecular flexibility index (Phi) is 8.80. The Balaban J connectivity index is 1.32. The molecule has 7 atom stereocenters. The summed E-state index contributed by atoms with van der Waals surface area (Å²) < 4.78 is 33.9. The van der Waals surface area contributed by atoms with Crippen LogP contribution in [0.3, 0.4) is 0 Å². The molecular formula is C35H43ClN4O5S. The summed E-state index contributed by atoms with van der Waals surface area (Å²) in [6.45, 7) is 4.00. The highest BCUT2D eigenvalue weighted by atomic mass is 35.5. The van der Waals surface area contributed by atoms with Gasteiger partial charge >= 0.3 is 6.03 Å². The topological polar surface area (TPSA) is 109 Å². The van der Waals surface area contributed by atoms with Crippen LogP contribution in [0.4, 0.5) is 10.5 Å². The van der Waals surface area contributed by atoms with Crippen LogP contribution in [0.25, 0.3) is 0 Å². The summed E-state index contributed by atoms with van der Waals surface area (Å²) >= 11 is 6.45. The van der Waals surface area contributed by atoms with Crippen molar-refractivity contribution in [3.05, 3.63) is 69.8 Å². The lowest BCUT2D eigenvalue weighted by Crippen LogP contribution is -2.48. The van der Waals surface area contributed by atoms with Crippen molar-refractivity contribution in [2.24, 2.45) is 28.0 Å². The molecule has 0 saturated heterocycles. The Hall–Kier alpha value is -3.08. The number of hydrogen-bond donors (Lipinski definition) is 2. The van der Waals surface area contributed by atoms with Crippen molar-refractivity contribution in [2.45, 2.75) is 70.6 Å². The number of nitrogens with one attached hydrogen (secondary N) is 2. The summed E-state index contributed by atoms with van der Waals surface area (Å²) in [6, 6.07) is 11.0. The molecule has 0 spiro atoms. The van der Waals surface area contributed by atoms with Gasteiger partial charge in [0.05, 0.1) is 24.2 Å². The number of anilines is 1. The normalized spacial score (nSPS) is 32.1. The fourth-order valence-corrected chi connectivity index (χ4v) is 9.47. The number of amides is 3.